The number of pyridine rings is 1. The van der Waals surface area contributed by atoms with Gasteiger partial charge in [0.2, 0.25) is 0 Å². The average molecular weight is 396 g/mol. The fourth-order valence-electron chi connectivity index (χ4n) is 2.10. The van der Waals surface area contributed by atoms with Gasteiger partial charge in [0.1, 0.15) is 5.82 Å². The molecule has 0 bridgehead atoms. The summed E-state index contributed by atoms with van der Waals surface area (Å²) < 4.78 is 1.14. The van der Waals surface area contributed by atoms with Crippen molar-refractivity contribution in [1.82, 2.24) is 15.0 Å². The van der Waals surface area contributed by atoms with Gasteiger partial charge in [-0.1, -0.05) is 20.3 Å². The maximum absolute atomic E-state index is 4.78. The monoisotopic (exact) mass is 396 g/mol. The van der Waals surface area contributed by atoms with Gasteiger partial charge in [0.05, 0.1) is 9.26 Å². The Morgan fingerprint density at radius 1 is 1.19 bits per heavy atom. The molecule has 4 nitrogen and oxygen atoms in total. The fourth-order valence-corrected chi connectivity index (χ4v) is 2.80. The second-order valence-corrected chi connectivity index (χ2v) is 6.10. The van der Waals surface area contributed by atoms with Crippen molar-refractivity contribution in [1.29, 1.82) is 0 Å². The highest BCUT2D eigenvalue weighted by molar-refractivity contribution is 14.1. The Morgan fingerprint density at radius 3 is 2.67 bits per heavy atom. The van der Waals surface area contributed by atoms with Gasteiger partial charge in [-0.2, -0.15) is 0 Å². The number of halogens is 1. The molecule has 2 heterocycles. The Bertz CT molecular complexity index is 613. The second kappa shape index (κ2) is 7.68. The van der Waals surface area contributed by atoms with E-state index in [0.29, 0.717) is 0 Å². The van der Waals surface area contributed by atoms with Crippen molar-refractivity contribution in [2.75, 3.05) is 11.9 Å². The van der Waals surface area contributed by atoms with Crippen LogP contribution in [0.4, 0.5) is 5.82 Å². The van der Waals surface area contributed by atoms with E-state index in [-0.39, 0.29) is 0 Å². The molecule has 0 atom stereocenters. The number of hydrogen-bond acceptors (Lipinski definition) is 4. The van der Waals surface area contributed by atoms with E-state index < -0.39 is 0 Å². The molecule has 0 spiro atoms. The van der Waals surface area contributed by atoms with Crippen molar-refractivity contribution in [3.63, 3.8) is 0 Å². The van der Waals surface area contributed by atoms with Gasteiger partial charge in [0, 0.05) is 24.5 Å². The lowest BCUT2D eigenvalue weighted by Gasteiger charge is -2.13. The molecule has 0 aliphatic heterocycles. The van der Waals surface area contributed by atoms with Crippen LogP contribution < -0.4 is 5.32 Å². The summed E-state index contributed by atoms with van der Waals surface area (Å²) in [6.07, 6.45) is 6.78. The maximum Gasteiger partial charge on any atom is 0.162 e. The van der Waals surface area contributed by atoms with Crippen LogP contribution in [0.25, 0.3) is 11.4 Å². The molecule has 112 valence electrons. The molecule has 0 unspecified atom stereocenters. The minimum Gasteiger partial charge on any atom is -0.369 e. The molecular formula is C16H21IN4. The van der Waals surface area contributed by atoms with Crippen molar-refractivity contribution in [2.45, 2.75) is 40.0 Å². The van der Waals surface area contributed by atoms with E-state index in [1.807, 2.05) is 19.2 Å². The molecule has 5 heteroatoms. The molecule has 2 rings (SSSR count). The van der Waals surface area contributed by atoms with Crippen LogP contribution >= 0.6 is 22.6 Å². The van der Waals surface area contributed by atoms with Crippen LogP contribution in [0, 0.1) is 10.5 Å². The third-order valence-electron chi connectivity index (χ3n) is 3.21. The zero-order chi connectivity index (χ0) is 15.2. The summed E-state index contributed by atoms with van der Waals surface area (Å²) >= 11 is 2.35. The van der Waals surface area contributed by atoms with Crippen LogP contribution in [0.3, 0.4) is 0 Å². The molecule has 0 saturated heterocycles. The molecule has 21 heavy (non-hydrogen) atoms. The zero-order valence-electron chi connectivity index (χ0n) is 12.8. The van der Waals surface area contributed by atoms with Crippen LogP contribution in [-0.4, -0.2) is 21.5 Å². The summed E-state index contributed by atoms with van der Waals surface area (Å²) in [6, 6.07) is 1.98. The Hall–Kier alpha value is -1.24. The lowest BCUT2D eigenvalue weighted by Crippen LogP contribution is -2.09. The normalized spacial score (nSPS) is 10.7. The van der Waals surface area contributed by atoms with Crippen molar-refractivity contribution >= 4 is 28.4 Å². The Morgan fingerprint density at radius 2 is 2.00 bits per heavy atom. The van der Waals surface area contributed by atoms with Crippen LogP contribution in [-0.2, 0) is 6.42 Å². The second-order valence-electron chi connectivity index (χ2n) is 5.02. The van der Waals surface area contributed by atoms with Crippen LogP contribution in [0.1, 0.15) is 37.9 Å². The zero-order valence-corrected chi connectivity index (χ0v) is 14.9. The number of hydrogen-bond donors (Lipinski definition) is 1. The van der Waals surface area contributed by atoms with E-state index >= 15 is 0 Å². The molecule has 0 amide bonds. The predicted molar refractivity (Wildman–Crippen MR) is 95.5 cm³/mol. The molecule has 0 radical (unpaired) electrons. The van der Waals surface area contributed by atoms with Crippen LogP contribution in [0.2, 0.25) is 0 Å². The van der Waals surface area contributed by atoms with Crippen molar-refractivity contribution < 1.29 is 0 Å². The molecule has 0 saturated carbocycles. The topological polar surface area (TPSA) is 50.7 Å². The SMILES string of the molecule is CCCNc1nc(-c2ccncc2C)nc(CCC)c1I. The summed E-state index contributed by atoms with van der Waals surface area (Å²) in [5.41, 5.74) is 3.28. The highest BCUT2D eigenvalue weighted by Crippen LogP contribution is 2.26. The molecule has 0 aliphatic carbocycles. The summed E-state index contributed by atoms with van der Waals surface area (Å²) in [6.45, 7) is 7.30. The highest BCUT2D eigenvalue weighted by Gasteiger charge is 2.14. The number of nitrogens with zero attached hydrogens (tertiary/aromatic N) is 3. The van der Waals surface area contributed by atoms with Gasteiger partial charge in [-0.3, -0.25) is 4.98 Å². The molecule has 0 aliphatic rings. The van der Waals surface area contributed by atoms with Gasteiger partial charge in [-0.05, 0) is 54.0 Å². The number of anilines is 1. The van der Waals surface area contributed by atoms with Gasteiger partial charge < -0.3 is 5.32 Å². The molecule has 1 N–H and O–H groups in total. The third kappa shape index (κ3) is 3.90. The Balaban J connectivity index is 2.50. The third-order valence-corrected chi connectivity index (χ3v) is 4.34. The molecule has 0 fully saturated rings. The summed E-state index contributed by atoms with van der Waals surface area (Å²) in [5.74, 6) is 1.74. The fraction of sp³-hybridized carbons (Fsp3) is 0.438. The first kappa shape index (κ1) is 16.1. The maximum atomic E-state index is 4.78. The molecular weight excluding hydrogens is 375 g/mol. The van der Waals surface area contributed by atoms with E-state index in [0.717, 1.165) is 57.8 Å². The Kier molecular flexibility index (Phi) is 5.90. The number of rotatable bonds is 6. The highest BCUT2D eigenvalue weighted by atomic mass is 127. The Labute approximate surface area is 140 Å². The first-order chi connectivity index (χ1) is 10.2. The van der Waals surface area contributed by atoms with Gasteiger partial charge in [0.15, 0.2) is 5.82 Å². The van der Waals surface area contributed by atoms with Gasteiger partial charge in [-0.15, -0.1) is 0 Å². The van der Waals surface area contributed by atoms with E-state index in [1.165, 1.54) is 0 Å². The molecule has 0 aromatic carbocycles. The lowest BCUT2D eigenvalue weighted by molar-refractivity contribution is 0.863. The van der Waals surface area contributed by atoms with Crippen molar-refractivity contribution in [2.24, 2.45) is 0 Å². The first-order valence-electron chi connectivity index (χ1n) is 7.38. The van der Waals surface area contributed by atoms with E-state index in [2.05, 4.69) is 46.7 Å². The largest absolute Gasteiger partial charge is 0.369 e. The average Bonchev–Trinajstić information content (AvgIpc) is 2.49. The summed E-state index contributed by atoms with van der Waals surface area (Å²) in [4.78, 5) is 13.6. The van der Waals surface area contributed by atoms with Crippen LogP contribution in [0.5, 0.6) is 0 Å². The van der Waals surface area contributed by atoms with Crippen molar-refractivity contribution in [3.05, 3.63) is 33.3 Å². The summed E-state index contributed by atoms with van der Waals surface area (Å²) in [5, 5.41) is 3.42. The molecule has 2 aromatic heterocycles. The number of aromatic nitrogens is 3. The first-order valence-corrected chi connectivity index (χ1v) is 8.46. The van der Waals surface area contributed by atoms with Crippen molar-refractivity contribution in [3.8, 4) is 11.4 Å². The summed E-state index contributed by atoms with van der Waals surface area (Å²) in [7, 11) is 0. The standard InChI is InChI=1S/C16H21IN4/c1-4-6-13-14(17)16(19-8-5-2)21-15(20-13)12-7-9-18-10-11(12)3/h7,9-10H,4-6,8H2,1-3H3,(H,19,20,21). The van der Waals surface area contributed by atoms with Crippen LogP contribution in [0.15, 0.2) is 18.5 Å². The smallest absolute Gasteiger partial charge is 0.162 e. The lowest BCUT2D eigenvalue weighted by atomic mass is 10.1. The van der Waals surface area contributed by atoms with E-state index in [1.54, 1.807) is 6.20 Å². The minimum atomic E-state index is 0.789. The van der Waals surface area contributed by atoms with E-state index in [9.17, 15) is 0 Å². The quantitative estimate of drug-likeness (QED) is 0.743. The van der Waals surface area contributed by atoms with Gasteiger partial charge >= 0.3 is 0 Å². The van der Waals surface area contributed by atoms with E-state index in [4.69, 9.17) is 9.97 Å². The van der Waals surface area contributed by atoms with Gasteiger partial charge in [-0.25, -0.2) is 9.97 Å². The number of aryl methyl sites for hydroxylation is 2. The van der Waals surface area contributed by atoms with Gasteiger partial charge in [0.25, 0.3) is 0 Å². The molecule has 2 aromatic rings. The predicted octanol–water partition coefficient (Wildman–Crippen LogP) is 4.23. The minimum absolute atomic E-state index is 0.789. The number of nitrogens with one attached hydrogen (secondary N) is 1.